The highest BCUT2D eigenvalue weighted by atomic mass is 35.5. The van der Waals surface area contributed by atoms with Crippen molar-refractivity contribution in [3.63, 3.8) is 0 Å². The highest BCUT2D eigenvalue weighted by Crippen LogP contribution is 2.37. The monoisotopic (exact) mass is 505 g/mol. The van der Waals surface area contributed by atoms with E-state index in [0.717, 1.165) is 16.7 Å². The molecule has 0 aliphatic heterocycles. The highest BCUT2D eigenvalue weighted by molar-refractivity contribution is 6.36. The maximum atomic E-state index is 13.0. The van der Waals surface area contributed by atoms with E-state index in [1.807, 2.05) is 0 Å². The Morgan fingerprint density at radius 2 is 1.84 bits per heavy atom. The molecule has 4 aromatic rings. The van der Waals surface area contributed by atoms with Gasteiger partial charge in [0, 0.05) is 37.1 Å². The quantitative estimate of drug-likeness (QED) is 0.342. The van der Waals surface area contributed by atoms with Gasteiger partial charge in [0.15, 0.2) is 5.65 Å². The van der Waals surface area contributed by atoms with Gasteiger partial charge in [-0.05, 0) is 12.1 Å². The van der Waals surface area contributed by atoms with Crippen LogP contribution in [0.15, 0.2) is 35.1 Å². The zero-order valence-electron chi connectivity index (χ0n) is 15.7. The number of fused-ring (bicyclic) bond motifs is 1. The standard InChI is InChI=1S/C19H11Cl3F3N4O3/c20-11-6-15(31-3-1-2-30)12(21)5-10(11)16-27-18(32-28-16)14-8-29-7-9(19(23,24)25)4-13(22)17(29)26-14/h1,4-8,30H,2-3H2. The molecular weight excluding hydrogens is 496 g/mol. The van der Waals surface area contributed by atoms with E-state index in [2.05, 4.69) is 15.1 Å². The second kappa shape index (κ2) is 8.78. The molecule has 13 heteroatoms. The van der Waals surface area contributed by atoms with Gasteiger partial charge in [0.2, 0.25) is 5.82 Å². The van der Waals surface area contributed by atoms with E-state index in [0.29, 0.717) is 11.3 Å². The molecule has 1 N–H and O–H groups in total. The second-order valence-electron chi connectivity index (χ2n) is 6.40. The number of aliphatic hydroxyl groups excluding tert-OH is 1. The summed E-state index contributed by atoms with van der Waals surface area (Å²) in [6.45, 7) is -0.0222. The van der Waals surface area contributed by atoms with Crippen LogP contribution in [0, 0.1) is 6.42 Å². The van der Waals surface area contributed by atoms with E-state index in [4.69, 9.17) is 49.2 Å². The topological polar surface area (TPSA) is 85.7 Å². The second-order valence-corrected chi connectivity index (χ2v) is 7.62. The SMILES string of the molecule is OC[CH]COc1cc(Cl)c(-c2noc(-c3cn4cc(C(F)(F)F)cc(Cl)c4n3)n2)cc1Cl. The normalized spacial score (nSPS) is 12.0. The fraction of sp³-hybridized carbons (Fsp3) is 0.158. The van der Waals surface area contributed by atoms with Crippen LogP contribution in [0.1, 0.15) is 5.56 Å². The van der Waals surface area contributed by atoms with Crippen LogP contribution in [-0.4, -0.2) is 37.8 Å². The number of alkyl halides is 3. The molecule has 1 aromatic carbocycles. The number of hydrogen-bond donors (Lipinski definition) is 1. The molecule has 0 spiro atoms. The van der Waals surface area contributed by atoms with Gasteiger partial charge >= 0.3 is 6.18 Å². The van der Waals surface area contributed by atoms with Crippen molar-refractivity contribution in [2.45, 2.75) is 6.18 Å². The van der Waals surface area contributed by atoms with Gasteiger partial charge in [0.05, 0.1) is 27.2 Å². The summed E-state index contributed by atoms with van der Waals surface area (Å²) in [5.41, 5.74) is -0.375. The minimum atomic E-state index is -4.57. The number of ether oxygens (including phenoxy) is 1. The molecule has 0 fully saturated rings. The summed E-state index contributed by atoms with van der Waals surface area (Å²) in [5, 5.41) is 12.9. The van der Waals surface area contributed by atoms with Crippen molar-refractivity contribution in [2.24, 2.45) is 0 Å². The molecule has 0 unspecified atom stereocenters. The fourth-order valence-electron chi connectivity index (χ4n) is 2.76. The summed E-state index contributed by atoms with van der Waals surface area (Å²) in [5.74, 6) is 0.321. The van der Waals surface area contributed by atoms with E-state index in [1.54, 1.807) is 0 Å². The van der Waals surface area contributed by atoms with Gasteiger partial charge in [-0.2, -0.15) is 18.2 Å². The number of aliphatic hydroxyl groups is 1. The smallest absolute Gasteiger partial charge is 0.417 e. The molecule has 0 saturated carbocycles. The lowest BCUT2D eigenvalue weighted by molar-refractivity contribution is -0.137. The molecule has 3 heterocycles. The molecule has 0 amide bonds. The van der Waals surface area contributed by atoms with Crippen molar-refractivity contribution in [1.82, 2.24) is 19.5 Å². The summed E-state index contributed by atoms with van der Waals surface area (Å²) in [6, 6.07) is 3.73. The lowest BCUT2D eigenvalue weighted by atomic mass is 10.2. The molecule has 0 saturated heterocycles. The molecule has 167 valence electrons. The molecule has 0 bridgehead atoms. The molecule has 32 heavy (non-hydrogen) atoms. The van der Waals surface area contributed by atoms with E-state index in [-0.39, 0.29) is 51.3 Å². The van der Waals surface area contributed by atoms with Crippen LogP contribution in [0.25, 0.3) is 28.6 Å². The van der Waals surface area contributed by atoms with Crippen molar-refractivity contribution in [3.05, 3.63) is 57.6 Å². The highest BCUT2D eigenvalue weighted by Gasteiger charge is 2.32. The Balaban J connectivity index is 1.66. The molecule has 0 atom stereocenters. The Hall–Kier alpha value is -2.53. The molecular formula is C19H11Cl3F3N4O3. The van der Waals surface area contributed by atoms with Gasteiger partial charge in [-0.25, -0.2) is 4.98 Å². The summed E-state index contributed by atoms with van der Waals surface area (Å²) >= 11 is 18.5. The van der Waals surface area contributed by atoms with Gasteiger partial charge < -0.3 is 18.8 Å². The average molecular weight is 507 g/mol. The Bertz CT molecular complexity index is 1290. The van der Waals surface area contributed by atoms with Crippen molar-refractivity contribution in [1.29, 1.82) is 0 Å². The lowest BCUT2D eigenvalue weighted by Gasteiger charge is -2.09. The van der Waals surface area contributed by atoms with Crippen molar-refractivity contribution in [3.8, 4) is 28.7 Å². The molecule has 3 aromatic heterocycles. The van der Waals surface area contributed by atoms with Crippen molar-refractivity contribution in [2.75, 3.05) is 13.2 Å². The first kappa shape index (κ1) is 22.7. The number of halogens is 6. The fourth-order valence-corrected chi connectivity index (χ4v) is 3.48. The number of imidazole rings is 1. The number of benzene rings is 1. The van der Waals surface area contributed by atoms with E-state index in [9.17, 15) is 13.2 Å². The molecule has 1 radical (unpaired) electrons. The first-order valence-corrected chi connectivity index (χ1v) is 9.95. The zero-order chi connectivity index (χ0) is 23.0. The summed E-state index contributed by atoms with van der Waals surface area (Å²) in [4.78, 5) is 8.38. The average Bonchev–Trinajstić information content (AvgIpc) is 3.37. The van der Waals surface area contributed by atoms with Crippen LogP contribution in [0.2, 0.25) is 15.1 Å². The molecule has 0 aliphatic carbocycles. The van der Waals surface area contributed by atoms with Crippen LogP contribution in [-0.2, 0) is 6.18 Å². The van der Waals surface area contributed by atoms with E-state index < -0.39 is 11.7 Å². The Kier molecular flexibility index (Phi) is 6.22. The predicted molar refractivity (Wildman–Crippen MR) is 111 cm³/mol. The molecule has 0 aliphatic rings. The minimum absolute atomic E-state index is 0.0570. The molecule has 7 nitrogen and oxygen atoms in total. The third kappa shape index (κ3) is 4.49. The van der Waals surface area contributed by atoms with Gasteiger partial charge in [-0.1, -0.05) is 40.0 Å². The van der Waals surface area contributed by atoms with E-state index in [1.165, 1.54) is 24.8 Å². The number of rotatable bonds is 6. The van der Waals surface area contributed by atoms with Gasteiger partial charge in [0.25, 0.3) is 5.89 Å². The lowest BCUT2D eigenvalue weighted by Crippen LogP contribution is -2.06. The van der Waals surface area contributed by atoms with Gasteiger partial charge in [0.1, 0.15) is 11.4 Å². The molecule has 4 rings (SSSR count). The number of pyridine rings is 1. The zero-order valence-corrected chi connectivity index (χ0v) is 18.0. The van der Waals surface area contributed by atoms with Crippen LogP contribution < -0.4 is 4.74 Å². The maximum Gasteiger partial charge on any atom is 0.417 e. The van der Waals surface area contributed by atoms with Crippen LogP contribution >= 0.6 is 34.8 Å². The third-order valence-electron chi connectivity index (χ3n) is 4.23. The minimum Gasteiger partial charge on any atom is -0.492 e. The summed E-state index contributed by atoms with van der Waals surface area (Å²) < 4.78 is 50.8. The number of nitrogens with zero attached hydrogens (tertiary/aromatic N) is 4. The Morgan fingerprint density at radius 3 is 2.56 bits per heavy atom. The van der Waals surface area contributed by atoms with Crippen LogP contribution in [0.4, 0.5) is 13.2 Å². The third-order valence-corrected chi connectivity index (χ3v) is 5.11. The first-order valence-electron chi connectivity index (χ1n) is 8.81. The Morgan fingerprint density at radius 1 is 1.06 bits per heavy atom. The summed E-state index contributed by atoms with van der Waals surface area (Å²) in [7, 11) is 0. The van der Waals surface area contributed by atoms with Crippen LogP contribution in [0.3, 0.4) is 0 Å². The van der Waals surface area contributed by atoms with Gasteiger partial charge in [-0.3, -0.25) is 0 Å². The number of aromatic nitrogens is 4. The first-order chi connectivity index (χ1) is 15.2. The van der Waals surface area contributed by atoms with E-state index >= 15 is 0 Å². The van der Waals surface area contributed by atoms with Crippen LogP contribution in [0.5, 0.6) is 5.75 Å². The Labute approximate surface area is 193 Å². The van der Waals surface area contributed by atoms with Crippen molar-refractivity contribution >= 4 is 40.4 Å². The maximum absolute atomic E-state index is 13.0. The predicted octanol–water partition coefficient (Wildman–Crippen LogP) is 5.61. The van der Waals surface area contributed by atoms with Gasteiger partial charge in [-0.15, -0.1) is 0 Å². The van der Waals surface area contributed by atoms with Crippen molar-refractivity contribution < 1.29 is 27.5 Å². The summed E-state index contributed by atoms with van der Waals surface area (Å²) in [6.07, 6.45) is -0.931. The largest absolute Gasteiger partial charge is 0.492 e. The number of hydrogen-bond acceptors (Lipinski definition) is 6.